The highest BCUT2D eigenvalue weighted by Crippen LogP contribution is 1.98. The lowest BCUT2D eigenvalue weighted by Crippen LogP contribution is -2.20. The van der Waals surface area contributed by atoms with Crippen LogP contribution in [0.4, 0.5) is 0 Å². The Morgan fingerprint density at radius 2 is 1.43 bits per heavy atom. The van der Waals surface area contributed by atoms with E-state index in [1.54, 1.807) is 4.90 Å². The van der Waals surface area contributed by atoms with Crippen molar-refractivity contribution in [2.75, 3.05) is 27.3 Å². The summed E-state index contributed by atoms with van der Waals surface area (Å²) < 4.78 is 0. The molecule has 0 bridgehead atoms. The van der Waals surface area contributed by atoms with Crippen molar-refractivity contribution >= 4 is 5.91 Å². The van der Waals surface area contributed by atoms with Crippen LogP contribution >= 0.6 is 0 Å². The van der Waals surface area contributed by atoms with Crippen LogP contribution < -0.4 is 0 Å². The van der Waals surface area contributed by atoms with Gasteiger partial charge in [0.15, 0.2) is 0 Å². The van der Waals surface area contributed by atoms with Crippen molar-refractivity contribution in [2.24, 2.45) is 0 Å². The number of likely N-dealkylation sites (N-methyl/N-ethyl adjacent to an activating group) is 2. The van der Waals surface area contributed by atoms with E-state index >= 15 is 0 Å². The van der Waals surface area contributed by atoms with E-state index in [9.17, 15) is 4.79 Å². The molecule has 1 fully saturated rings. The second-order valence-corrected chi connectivity index (χ2v) is 3.40. The second kappa shape index (κ2) is 5.40. The van der Waals surface area contributed by atoms with Crippen molar-refractivity contribution < 1.29 is 4.79 Å². The van der Waals surface area contributed by atoms with Crippen molar-refractivity contribution in [3.8, 4) is 0 Å². The minimum atomic E-state index is 0.215. The van der Waals surface area contributed by atoms with Gasteiger partial charge < -0.3 is 4.90 Å². The Morgan fingerprint density at radius 3 is 1.57 bits per heavy atom. The molecule has 14 heavy (non-hydrogen) atoms. The fourth-order valence-electron chi connectivity index (χ4n) is 1.23. The van der Waals surface area contributed by atoms with Gasteiger partial charge in [-0.2, -0.15) is 0 Å². The van der Waals surface area contributed by atoms with E-state index in [-0.39, 0.29) is 5.91 Å². The maximum absolute atomic E-state index is 10.7. The molecule has 1 saturated heterocycles. The highest BCUT2D eigenvalue weighted by molar-refractivity contribution is 5.79. The fraction of sp³-hybridized carbons (Fsp3) is 0.364. The number of rotatable bonds is 0. The molecule has 1 aromatic carbocycles. The number of carbonyl (C=O) groups excluding carboxylic acids is 1. The summed E-state index contributed by atoms with van der Waals surface area (Å²) in [6.45, 7) is 1.36. The van der Waals surface area contributed by atoms with Gasteiger partial charge in [0.05, 0.1) is 13.2 Å². The van der Waals surface area contributed by atoms with Crippen molar-refractivity contribution in [1.29, 1.82) is 0 Å². The first-order valence-corrected chi connectivity index (χ1v) is 4.62. The average Bonchev–Trinajstić information content (AvgIpc) is 2.48. The van der Waals surface area contributed by atoms with Gasteiger partial charge in [-0.15, -0.1) is 0 Å². The predicted molar refractivity (Wildman–Crippen MR) is 56.7 cm³/mol. The average molecular weight is 192 g/mol. The van der Waals surface area contributed by atoms with Crippen LogP contribution in [0.5, 0.6) is 0 Å². The van der Waals surface area contributed by atoms with E-state index in [1.807, 2.05) is 55.4 Å². The first-order valence-electron chi connectivity index (χ1n) is 4.62. The van der Waals surface area contributed by atoms with Gasteiger partial charge in [0.25, 0.3) is 0 Å². The zero-order chi connectivity index (χ0) is 10.4. The maximum atomic E-state index is 10.7. The molecule has 3 heteroatoms. The normalized spacial score (nSPS) is 16.4. The Bertz CT molecular complexity index is 247. The third-order valence-corrected chi connectivity index (χ3v) is 1.95. The molecular weight excluding hydrogens is 176 g/mol. The molecule has 1 aliphatic rings. The molecule has 1 aromatic rings. The second-order valence-electron chi connectivity index (χ2n) is 3.40. The first-order chi connectivity index (χ1) is 6.70. The van der Waals surface area contributed by atoms with Crippen molar-refractivity contribution in [2.45, 2.75) is 0 Å². The van der Waals surface area contributed by atoms with E-state index in [0.717, 1.165) is 6.67 Å². The number of carbonyl (C=O) groups is 1. The molecule has 3 nitrogen and oxygen atoms in total. The van der Waals surface area contributed by atoms with Crippen LogP contribution in [0.2, 0.25) is 0 Å². The standard InChI is InChI=1S/C6H6.C5H10N2O/c1-2-4-6-5-3-1;1-6-3-5(8)7(2)4-6/h1-6H;3-4H2,1-2H3. The molecule has 76 valence electrons. The summed E-state index contributed by atoms with van der Waals surface area (Å²) in [4.78, 5) is 14.4. The smallest absolute Gasteiger partial charge is 0.237 e. The Hall–Kier alpha value is -1.35. The number of hydrogen-bond donors (Lipinski definition) is 0. The number of nitrogens with zero attached hydrogens (tertiary/aromatic N) is 2. The molecule has 1 amide bonds. The van der Waals surface area contributed by atoms with E-state index in [4.69, 9.17) is 0 Å². The van der Waals surface area contributed by atoms with Gasteiger partial charge in [-0.05, 0) is 7.05 Å². The minimum absolute atomic E-state index is 0.215. The SMILES string of the molecule is CN1CC(=O)N(C)C1.c1ccccc1. The summed E-state index contributed by atoms with van der Waals surface area (Å²) in [5, 5.41) is 0. The largest absolute Gasteiger partial charge is 0.332 e. The van der Waals surface area contributed by atoms with Gasteiger partial charge >= 0.3 is 0 Å². The number of hydrogen-bond acceptors (Lipinski definition) is 2. The lowest BCUT2D eigenvalue weighted by Gasteiger charge is -2.06. The summed E-state index contributed by atoms with van der Waals surface area (Å²) >= 11 is 0. The zero-order valence-electron chi connectivity index (χ0n) is 8.68. The van der Waals surface area contributed by atoms with Crippen LogP contribution in [0.15, 0.2) is 36.4 Å². The monoisotopic (exact) mass is 192 g/mol. The zero-order valence-corrected chi connectivity index (χ0v) is 8.68. The number of amides is 1. The number of benzene rings is 1. The van der Waals surface area contributed by atoms with Crippen LogP contribution in [-0.4, -0.2) is 43.0 Å². The molecule has 0 aliphatic carbocycles. The van der Waals surface area contributed by atoms with Gasteiger partial charge in [0.2, 0.25) is 5.91 Å². The van der Waals surface area contributed by atoms with E-state index in [0.29, 0.717) is 6.54 Å². The van der Waals surface area contributed by atoms with Crippen LogP contribution in [0.25, 0.3) is 0 Å². The highest BCUT2D eigenvalue weighted by atomic mass is 16.2. The quantitative estimate of drug-likeness (QED) is 0.613. The van der Waals surface area contributed by atoms with E-state index < -0.39 is 0 Å². The van der Waals surface area contributed by atoms with E-state index in [2.05, 4.69) is 0 Å². The summed E-state index contributed by atoms with van der Waals surface area (Å²) in [6.07, 6.45) is 0. The predicted octanol–water partition coefficient (Wildman–Crippen LogP) is 1.03. The molecule has 0 unspecified atom stereocenters. The van der Waals surface area contributed by atoms with Gasteiger partial charge in [0.1, 0.15) is 0 Å². The Labute approximate surface area is 84.9 Å². The molecule has 2 rings (SSSR count). The van der Waals surface area contributed by atoms with Crippen LogP contribution in [0.1, 0.15) is 0 Å². The molecule has 1 aliphatic heterocycles. The molecule has 0 radical (unpaired) electrons. The summed E-state index contributed by atoms with van der Waals surface area (Å²) in [5.41, 5.74) is 0. The molecule has 0 aromatic heterocycles. The minimum Gasteiger partial charge on any atom is -0.332 e. The van der Waals surface area contributed by atoms with Crippen molar-refractivity contribution in [1.82, 2.24) is 9.80 Å². The maximum Gasteiger partial charge on any atom is 0.237 e. The summed E-state index contributed by atoms with van der Waals surface area (Å²) in [5.74, 6) is 0.215. The molecule has 0 atom stereocenters. The molecule has 0 N–H and O–H groups in total. The molecule has 0 saturated carbocycles. The van der Waals surface area contributed by atoms with Gasteiger partial charge in [0, 0.05) is 7.05 Å². The van der Waals surface area contributed by atoms with Crippen LogP contribution in [-0.2, 0) is 4.79 Å². The van der Waals surface area contributed by atoms with Crippen LogP contribution in [0.3, 0.4) is 0 Å². The van der Waals surface area contributed by atoms with Gasteiger partial charge in [-0.25, -0.2) is 0 Å². The fourth-order valence-corrected chi connectivity index (χ4v) is 1.23. The lowest BCUT2D eigenvalue weighted by molar-refractivity contribution is -0.125. The Kier molecular flexibility index (Phi) is 4.13. The lowest BCUT2D eigenvalue weighted by atomic mass is 10.4. The van der Waals surface area contributed by atoms with Gasteiger partial charge in [-0.3, -0.25) is 9.69 Å². The Balaban J connectivity index is 0.000000146. The van der Waals surface area contributed by atoms with Crippen molar-refractivity contribution in [3.63, 3.8) is 0 Å². The third kappa shape index (κ3) is 3.58. The first kappa shape index (κ1) is 10.7. The highest BCUT2D eigenvalue weighted by Gasteiger charge is 2.19. The molecular formula is C11H16N2O. The molecule has 1 heterocycles. The van der Waals surface area contributed by atoms with Crippen LogP contribution in [0, 0.1) is 0 Å². The topological polar surface area (TPSA) is 23.6 Å². The van der Waals surface area contributed by atoms with E-state index in [1.165, 1.54) is 0 Å². The molecule has 0 spiro atoms. The summed E-state index contributed by atoms with van der Waals surface area (Å²) in [7, 11) is 3.74. The van der Waals surface area contributed by atoms with Crippen molar-refractivity contribution in [3.05, 3.63) is 36.4 Å². The summed E-state index contributed by atoms with van der Waals surface area (Å²) in [6, 6.07) is 12.0. The Morgan fingerprint density at radius 1 is 1.00 bits per heavy atom. The third-order valence-electron chi connectivity index (χ3n) is 1.95. The van der Waals surface area contributed by atoms with Gasteiger partial charge in [-0.1, -0.05) is 36.4 Å².